The second-order valence-corrected chi connectivity index (χ2v) is 7.85. The SMILES string of the molecule is NC(=O)c1ccc(SCC(=O)N2CCCC2c2cccs2)c([N+](=O)[O-])c1. The highest BCUT2D eigenvalue weighted by Gasteiger charge is 2.30. The fourth-order valence-electron chi connectivity index (χ4n) is 3.00. The summed E-state index contributed by atoms with van der Waals surface area (Å²) in [4.78, 5) is 37.9. The van der Waals surface area contributed by atoms with Crippen molar-refractivity contribution in [2.75, 3.05) is 12.3 Å². The highest BCUT2D eigenvalue weighted by Crippen LogP contribution is 2.36. The first-order chi connectivity index (χ1) is 12.5. The van der Waals surface area contributed by atoms with Crippen molar-refractivity contribution in [1.29, 1.82) is 0 Å². The number of rotatable bonds is 6. The molecule has 7 nitrogen and oxygen atoms in total. The third kappa shape index (κ3) is 3.88. The van der Waals surface area contributed by atoms with E-state index in [0.717, 1.165) is 35.5 Å². The minimum absolute atomic E-state index is 0.0424. The highest BCUT2D eigenvalue weighted by atomic mass is 32.2. The van der Waals surface area contributed by atoms with Crippen molar-refractivity contribution in [3.63, 3.8) is 0 Å². The molecule has 1 saturated heterocycles. The van der Waals surface area contributed by atoms with Crippen LogP contribution < -0.4 is 5.73 Å². The van der Waals surface area contributed by atoms with E-state index in [1.54, 1.807) is 11.3 Å². The molecular weight excluding hydrogens is 374 g/mol. The van der Waals surface area contributed by atoms with Gasteiger partial charge in [0.2, 0.25) is 11.8 Å². The normalized spacial score (nSPS) is 16.6. The lowest BCUT2D eigenvalue weighted by Gasteiger charge is -2.23. The van der Waals surface area contributed by atoms with E-state index in [1.165, 1.54) is 12.1 Å². The Kier molecular flexibility index (Phi) is 5.58. The smallest absolute Gasteiger partial charge is 0.283 e. The maximum Gasteiger partial charge on any atom is 0.283 e. The summed E-state index contributed by atoms with van der Waals surface area (Å²) >= 11 is 2.74. The van der Waals surface area contributed by atoms with Gasteiger partial charge < -0.3 is 10.6 Å². The van der Waals surface area contributed by atoms with Crippen LogP contribution in [0.4, 0.5) is 5.69 Å². The van der Waals surface area contributed by atoms with Crippen LogP contribution in [0.15, 0.2) is 40.6 Å². The number of hydrogen-bond acceptors (Lipinski definition) is 6. The lowest BCUT2D eigenvalue weighted by atomic mass is 10.2. The van der Waals surface area contributed by atoms with Gasteiger partial charge in [0.25, 0.3) is 5.69 Å². The lowest BCUT2D eigenvalue weighted by molar-refractivity contribution is -0.387. The highest BCUT2D eigenvalue weighted by molar-refractivity contribution is 8.00. The summed E-state index contributed by atoms with van der Waals surface area (Å²) < 4.78 is 0. The quantitative estimate of drug-likeness (QED) is 0.462. The van der Waals surface area contributed by atoms with Crippen molar-refractivity contribution >= 4 is 40.6 Å². The van der Waals surface area contributed by atoms with E-state index in [4.69, 9.17) is 5.73 Å². The van der Waals surface area contributed by atoms with Gasteiger partial charge in [-0.05, 0) is 36.4 Å². The molecule has 9 heteroatoms. The standard InChI is InChI=1S/C17H17N3O4S2/c18-17(22)11-5-6-15(13(9-11)20(23)24)26-10-16(21)19-7-1-3-12(19)14-4-2-8-25-14/h2,4-6,8-9,12H,1,3,7,10H2,(H2,18,22). The van der Waals surface area contributed by atoms with Gasteiger partial charge in [-0.1, -0.05) is 6.07 Å². The molecule has 2 N–H and O–H groups in total. The van der Waals surface area contributed by atoms with Crippen molar-refractivity contribution in [3.05, 3.63) is 56.3 Å². The maximum absolute atomic E-state index is 12.6. The van der Waals surface area contributed by atoms with Gasteiger partial charge in [-0.25, -0.2) is 0 Å². The second kappa shape index (κ2) is 7.88. The zero-order chi connectivity index (χ0) is 18.7. The molecule has 1 unspecified atom stereocenters. The molecule has 0 spiro atoms. The summed E-state index contributed by atoms with van der Waals surface area (Å²) in [7, 11) is 0. The molecule has 26 heavy (non-hydrogen) atoms. The van der Waals surface area contributed by atoms with Crippen LogP contribution in [0.3, 0.4) is 0 Å². The van der Waals surface area contributed by atoms with Gasteiger partial charge in [0, 0.05) is 23.1 Å². The Labute approximate surface area is 158 Å². The first-order valence-corrected chi connectivity index (χ1v) is 9.88. The van der Waals surface area contributed by atoms with E-state index < -0.39 is 10.8 Å². The van der Waals surface area contributed by atoms with Crippen molar-refractivity contribution in [2.24, 2.45) is 5.73 Å². The minimum atomic E-state index is -0.725. The van der Waals surface area contributed by atoms with Crippen molar-refractivity contribution < 1.29 is 14.5 Å². The number of primary amides is 1. The predicted molar refractivity (Wildman–Crippen MR) is 100 cm³/mol. The average Bonchev–Trinajstić information content (AvgIpc) is 3.29. The Morgan fingerprint density at radius 1 is 1.38 bits per heavy atom. The van der Waals surface area contributed by atoms with Crippen LogP contribution in [0.1, 0.15) is 34.1 Å². The molecule has 0 bridgehead atoms. The summed E-state index contributed by atoms with van der Waals surface area (Å²) in [5, 5.41) is 13.2. The van der Waals surface area contributed by atoms with Crippen molar-refractivity contribution in [3.8, 4) is 0 Å². The molecule has 136 valence electrons. The first kappa shape index (κ1) is 18.4. The van der Waals surface area contributed by atoms with Crippen LogP contribution in [0.2, 0.25) is 0 Å². The van der Waals surface area contributed by atoms with E-state index in [0.29, 0.717) is 11.4 Å². The molecule has 2 aromatic rings. The maximum atomic E-state index is 12.6. The van der Waals surface area contributed by atoms with Crippen LogP contribution >= 0.6 is 23.1 Å². The van der Waals surface area contributed by atoms with E-state index in [2.05, 4.69) is 0 Å². The number of carbonyl (C=O) groups is 2. The Morgan fingerprint density at radius 2 is 2.19 bits per heavy atom. The topological polar surface area (TPSA) is 107 Å². The molecule has 0 aliphatic carbocycles. The monoisotopic (exact) mass is 391 g/mol. The van der Waals surface area contributed by atoms with E-state index in [1.807, 2.05) is 22.4 Å². The lowest BCUT2D eigenvalue weighted by Crippen LogP contribution is -2.31. The van der Waals surface area contributed by atoms with Crippen molar-refractivity contribution in [2.45, 2.75) is 23.8 Å². The summed E-state index contributed by atoms with van der Waals surface area (Å²) in [6.07, 6.45) is 1.89. The number of hydrogen-bond donors (Lipinski definition) is 1. The number of benzene rings is 1. The summed E-state index contributed by atoms with van der Waals surface area (Å²) in [6, 6.07) is 8.15. The molecule has 1 aliphatic rings. The van der Waals surface area contributed by atoms with Crippen LogP contribution in [-0.2, 0) is 4.79 Å². The predicted octanol–water partition coefficient (Wildman–Crippen LogP) is 3.21. The summed E-state index contributed by atoms with van der Waals surface area (Å²) in [5.74, 6) is -0.658. The van der Waals surface area contributed by atoms with E-state index >= 15 is 0 Å². The molecule has 1 aromatic heterocycles. The number of amides is 2. The summed E-state index contributed by atoms with van der Waals surface area (Å²) in [5.41, 5.74) is 5.03. The van der Waals surface area contributed by atoms with Gasteiger partial charge >= 0.3 is 0 Å². The molecule has 2 heterocycles. The van der Waals surface area contributed by atoms with Gasteiger partial charge in [-0.2, -0.15) is 0 Å². The average molecular weight is 391 g/mol. The molecule has 1 aliphatic heterocycles. The number of nitro benzene ring substituents is 1. The fourth-order valence-corrected chi connectivity index (χ4v) is 4.76. The van der Waals surface area contributed by atoms with Gasteiger partial charge in [0.15, 0.2) is 0 Å². The van der Waals surface area contributed by atoms with Gasteiger partial charge in [-0.3, -0.25) is 19.7 Å². The zero-order valence-electron chi connectivity index (χ0n) is 13.8. The van der Waals surface area contributed by atoms with Gasteiger partial charge in [0.05, 0.1) is 21.6 Å². The number of nitrogens with two attached hydrogens (primary N) is 1. The van der Waals surface area contributed by atoms with Gasteiger partial charge in [-0.15, -0.1) is 23.1 Å². The van der Waals surface area contributed by atoms with Crippen LogP contribution in [0, 0.1) is 10.1 Å². The second-order valence-electron chi connectivity index (χ2n) is 5.85. The molecular formula is C17H17N3O4S2. The number of thioether (sulfide) groups is 1. The van der Waals surface area contributed by atoms with Gasteiger partial charge in [0.1, 0.15) is 0 Å². The van der Waals surface area contributed by atoms with E-state index in [9.17, 15) is 19.7 Å². The third-order valence-electron chi connectivity index (χ3n) is 4.24. The molecule has 1 fully saturated rings. The molecule has 0 radical (unpaired) electrons. The molecule has 3 rings (SSSR count). The van der Waals surface area contributed by atoms with Crippen LogP contribution in [0.25, 0.3) is 0 Å². The third-order valence-corrected chi connectivity index (χ3v) is 6.26. The molecule has 0 saturated carbocycles. The molecule has 2 amide bonds. The first-order valence-electron chi connectivity index (χ1n) is 8.01. The minimum Gasteiger partial charge on any atom is -0.366 e. The van der Waals surface area contributed by atoms with Crippen molar-refractivity contribution in [1.82, 2.24) is 4.90 Å². The number of nitrogens with zero attached hydrogens (tertiary/aromatic N) is 2. The Hall–Kier alpha value is -2.39. The fraction of sp³-hybridized carbons (Fsp3) is 0.294. The Bertz CT molecular complexity index is 839. The number of nitro groups is 1. The number of thiophene rings is 1. The largest absolute Gasteiger partial charge is 0.366 e. The molecule has 1 aromatic carbocycles. The molecule has 1 atom stereocenters. The Balaban J connectivity index is 1.71. The summed E-state index contributed by atoms with van der Waals surface area (Å²) in [6.45, 7) is 0.699. The number of carbonyl (C=O) groups excluding carboxylic acids is 2. The van der Waals surface area contributed by atoms with E-state index in [-0.39, 0.29) is 29.0 Å². The zero-order valence-corrected chi connectivity index (χ0v) is 15.4. The Morgan fingerprint density at radius 3 is 2.85 bits per heavy atom. The number of likely N-dealkylation sites (tertiary alicyclic amines) is 1. The van der Waals surface area contributed by atoms with Crippen LogP contribution in [0.5, 0.6) is 0 Å². The van der Waals surface area contributed by atoms with Crippen LogP contribution in [-0.4, -0.2) is 33.9 Å².